The molecule has 6 nitrogen and oxygen atoms in total. The van der Waals surface area contributed by atoms with E-state index in [-0.39, 0.29) is 13.2 Å². The van der Waals surface area contributed by atoms with Gasteiger partial charge in [0.25, 0.3) is 0 Å². The second-order valence-electron chi connectivity index (χ2n) is 3.87. The largest absolute Gasteiger partial charge is 0.490 e. The van der Waals surface area contributed by atoms with Crippen molar-refractivity contribution in [2.45, 2.75) is 6.92 Å². The second-order valence-corrected chi connectivity index (χ2v) is 3.87. The molecule has 1 aromatic rings. The van der Waals surface area contributed by atoms with Gasteiger partial charge in [0.15, 0.2) is 6.61 Å². The van der Waals surface area contributed by atoms with Crippen molar-refractivity contribution in [3.05, 3.63) is 23.8 Å². The minimum absolute atomic E-state index is 0.259. The first kappa shape index (κ1) is 13.2. The molecule has 6 heteroatoms. The van der Waals surface area contributed by atoms with Crippen LogP contribution in [0.4, 0.5) is 5.69 Å². The van der Waals surface area contributed by atoms with Gasteiger partial charge in [-0.05, 0) is 25.1 Å². The molecule has 0 atom stereocenters. The molecule has 0 amide bonds. The SMILES string of the molecule is CCOC(=O)COC(=O)c1ccc2c(c1)OCCN2. The van der Waals surface area contributed by atoms with Crippen LogP contribution in [0.25, 0.3) is 0 Å². The number of anilines is 1. The van der Waals surface area contributed by atoms with Crippen LogP contribution >= 0.6 is 0 Å². The predicted octanol–water partition coefficient (Wildman–Crippen LogP) is 1.21. The number of esters is 2. The Balaban J connectivity index is 1.97. The average molecular weight is 265 g/mol. The molecule has 0 aromatic heterocycles. The van der Waals surface area contributed by atoms with Gasteiger partial charge in [-0.3, -0.25) is 0 Å². The Labute approximate surface area is 110 Å². The molecule has 2 rings (SSSR count). The van der Waals surface area contributed by atoms with E-state index in [1.54, 1.807) is 25.1 Å². The lowest BCUT2D eigenvalue weighted by molar-refractivity contribution is -0.146. The molecule has 1 aliphatic heterocycles. The number of carbonyl (C=O) groups is 2. The molecule has 1 aliphatic rings. The maximum atomic E-state index is 11.7. The third-order valence-corrected chi connectivity index (χ3v) is 2.52. The van der Waals surface area contributed by atoms with Crippen molar-refractivity contribution >= 4 is 17.6 Å². The zero-order chi connectivity index (χ0) is 13.7. The van der Waals surface area contributed by atoms with Crippen molar-refractivity contribution < 1.29 is 23.8 Å². The average Bonchev–Trinajstić information content (AvgIpc) is 2.44. The van der Waals surface area contributed by atoms with Gasteiger partial charge in [0.05, 0.1) is 17.9 Å². The standard InChI is InChI=1S/C13H15NO5/c1-2-17-12(15)8-19-13(16)9-3-4-10-11(7-9)18-6-5-14-10/h3-4,7,14H,2,5-6,8H2,1H3. The van der Waals surface area contributed by atoms with Crippen LogP contribution in [-0.4, -0.2) is 38.3 Å². The summed E-state index contributed by atoms with van der Waals surface area (Å²) in [7, 11) is 0. The van der Waals surface area contributed by atoms with Gasteiger partial charge in [-0.25, -0.2) is 9.59 Å². The second kappa shape index (κ2) is 6.08. The lowest BCUT2D eigenvalue weighted by atomic mass is 10.2. The molecular formula is C13H15NO5. The van der Waals surface area contributed by atoms with Crippen LogP contribution in [-0.2, 0) is 14.3 Å². The summed E-state index contributed by atoms with van der Waals surface area (Å²) in [6.07, 6.45) is 0. The number of hydrogen-bond acceptors (Lipinski definition) is 6. The van der Waals surface area contributed by atoms with Crippen molar-refractivity contribution in [2.75, 3.05) is 31.7 Å². The minimum Gasteiger partial charge on any atom is -0.490 e. The van der Waals surface area contributed by atoms with Gasteiger partial charge in [-0.2, -0.15) is 0 Å². The number of benzene rings is 1. The van der Waals surface area contributed by atoms with Crippen molar-refractivity contribution in [1.82, 2.24) is 0 Å². The maximum absolute atomic E-state index is 11.7. The van der Waals surface area contributed by atoms with Gasteiger partial charge in [-0.1, -0.05) is 0 Å². The predicted molar refractivity (Wildman–Crippen MR) is 67.3 cm³/mol. The quantitative estimate of drug-likeness (QED) is 0.825. The summed E-state index contributed by atoms with van der Waals surface area (Å²) in [5.74, 6) is -0.534. The van der Waals surface area contributed by atoms with Crippen LogP contribution < -0.4 is 10.1 Å². The molecule has 0 aliphatic carbocycles. The molecule has 0 fully saturated rings. The number of fused-ring (bicyclic) bond motifs is 1. The van der Waals surface area contributed by atoms with E-state index in [9.17, 15) is 9.59 Å². The molecular weight excluding hydrogens is 250 g/mol. The molecule has 0 saturated carbocycles. The van der Waals surface area contributed by atoms with Crippen molar-refractivity contribution in [3.63, 3.8) is 0 Å². The van der Waals surface area contributed by atoms with E-state index in [0.717, 1.165) is 12.2 Å². The molecule has 19 heavy (non-hydrogen) atoms. The smallest absolute Gasteiger partial charge is 0.344 e. The minimum atomic E-state index is -0.579. The number of ether oxygens (including phenoxy) is 3. The fourth-order valence-electron chi connectivity index (χ4n) is 1.67. The Kier molecular flexibility index (Phi) is 4.22. The highest BCUT2D eigenvalue weighted by Gasteiger charge is 2.15. The van der Waals surface area contributed by atoms with Gasteiger partial charge in [0, 0.05) is 6.54 Å². The highest BCUT2D eigenvalue weighted by molar-refractivity contribution is 5.92. The first-order valence-corrected chi connectivity index (χ1v) is 6.04. The molecule has 1 aromatic carbocycles. The van der Waals surface area contributed by atoms with E-state index < -0.39 is 11.9 Å². The first-order chi connectivity index (χ1) is 9.20. The summed E-state index contributed by atoms with van der Waals surface area (Å²) >= 11 is 0. The normalized spacial score (nSPS) is 12.7. The van der Waals surface area contributed by atoms with Crippen molar-refractivity contribution in [2.24, 2.45) is 0 Å². The monoisotopic (exact) mass is 265 g/mol. The Bertz CT molecular complexity index is 486. The lowest BCUT2D eigenvalue weighted by Crippen LogP contribution is -2.19. The van der Waals surface area contributed by atoms with E-state index in [1.165, 1.54) is 0 Å². The summed E-state index contributed by atoms with van der Waals surface area (Å²) in [6, 6.07) is 4.96. The fourth-order valence-corrected chi connectivity index (χ4v) is 1.67. The third-order valence-electron chi connectivity index (χ3n) is 2.52. The summed E-state index contributed by atoms with van der Waals surface area (Å²) < 4.78 is 14.9. The number of nitrogens with one attached hydrogen (secondary N) is 1. The number of carbonyl (C=O) groups excluding carboxylic acids is 2. The topological polar surface area (TPSA) is 73.9 Å². The molecule has 0 unspecified atom stereocenters. The summed E-state index contributed by atoms with van der Waals surface area (Å²) in [6.45, 7) is 2.85. The van der Waals surface area contributed by atoms with Crippen LogP contribution in [0.5, 0.6) is 5.75 Å². The highest BCUT2D eigenvalue weighted by atomic mass is 16.6. The Morgan fingerprint density at radius 3 is 3.00 bits per heavy atom. The van der Waals surface area contributed by atoms with Crippen LogP contribution in [0.2, 0.25) is 0 Å². The molecule has 0 radical (unpaired) electrons. The summed E-state index contributed by atoms with van der Waals surface area (Å²) in [5, 5.41) is 3.14. The Morgan fingerprint density at radius 1 is 1.37 bits per heavy atom. The molecule has 0 saturated heterocycles. The zero-order valence-corrected chi connectivity index (χ0v) is 10.6. The summed E-state index contributed by atoms with van der Waals surface area (Å²) in [4.78, 5) is 22.8. The van der Waals surface area contributed by atoms with E-state index in [0.29, 0.717) is 17.9 Å². The molecule has 0 bridgehead atoms. The fraction of sp³-hybridized carbons (Fsp3) is 0.385. The van der Waals surface area contributed by atoms with Crippen LogP contribution in [0.1, 0.15) is 17.3 Å². The van der Waals surface area contributed by atoms with E-state index in [4.69, 9.17) is 9.47 Å². The van der Waals surface area contributed by atoms with Gasteiger partial charge >= 0.3 is 11.9 Å². The zero-order valence-electron chi connectivity index (χ0n) is 10.6. The molecule has 0 spiro atoms. The highest BCUT2D eigenvalue weighted by Crippen LogP contribution is 2.28. The van der Waals surface area contributed by atoms with Gasteiger partial charge in [0.2, 0.25) is 0 Å². The van der Waals surface area contributed by atoms with Gasteiger partial charge in [-0.15, -0.1) is 0 Å². The third kappa shape index (κ3) is 3.37. The first-order valence-electron chi connectivity index (χ1n) is 6.04. The van der Waals surface area contributed by atoms with Gasteiger partial charge in [0.1, 0.15) is 12.4 Å². The molecule has 1 heterocycles. The van der Waals surface area contributed by atoms with E-state index >= 15 is 0 Å². The molecule has 102 valence electrons. The van der Waals surface area contributed by atoms with E-state index in [1.807, 2.05) is 0 Å². The molecule has 1 N–H and O–H groups in total. The van der Waals surface area contributed by atoms with Crippen LogP contribution in [0.15, 0.2) is 18.2 Å². The maximum Gasteiger partial charge on any atom is 0.344 e. The lowest BCUT2D eigenvalue weighted by Gasteiger charge is -2.19. The van der Waals surface area contributed by atoms with E-state index in [2.05, 4.69) is 10.1 Å². The summed E-state index contributed by atoms with van der Waals surface area (Å²) in [5.41, 5.74) is 1.18. The Morgan fingerprint density at radius 2 is 2.21 bits per heavy atom. The Hall–Kier alpha value is -2.24. The van der Waals surface area contributed by atoms with Crippen molar-refractivity contribution in [3.8, 4) is 5.75 Å². The van der Waals surface area contributed by atoms with Gasteiger partial charge < -0.3 is 19.5 Å². The van der Waals surface area contributed by atoms with Crippen LogP contribution in [0.3, 0.4) is 0 Å². The number of hydrogen-bond donors (Lipinski definition) is 1. The van der Waals surface area contributed by atoms with Crippen molar-refractivity contribution in [1.29, 1.82) is 0 Å². The number of rotatable bonds is 4. The van der Waals surface area contributed by atoms with Crippen LogP contribution in [0, 0.1) is 0 Å².